The van der Waals surface area contributed by atoms with Gasteiger partial charge in [0.2, 0.25) is 0 Å². The first-order valence-electron chi connectivity index (χ1n) is 6.24. The van der Waals surface area contributed by atoms with E-state index in [2.05, 4.69) is 0 Å². The normalized spacial score (nSPS) is 10.2. The van der Waals surface area contributed by atoms with Crippen molar-refractivity contribution in [2.75, 3.05) is 13.1 Å². The first kappa shape index (κ1) is 14.3. The van der Waals surface area contributed by atoms with Gasteiger partial charge in [-0.05, 0) is 23.4 Å². The van der Waals surface area contributed by atoms with Gasteiger partial charge in [-0.25, -0.2) is 0 Å². The van der Waals surface area contributed by atoms with Crippen molar-refractivity contribution in [3.8, 4) is 0 Å². The standard InChI is InChI=1S/C15H15NO3S/c17-14(18)10-16(15(19)13-7-9-20-11-13)8-6-12-4-2-1-3-5-12/h1-5,7,9,11H,6,8,10H2,(H,17,18). The zero-order valence-electron chi connectivity index (χ0n) is 10.9. The number of carboxylic acid groups (broad SMARTS) is 1. The minimum Gasteiger partial charge on any atom is -0.480 e. The Hall–Kier alpha value is -2.14. The highest BCUT2D eigenvalue weighted by Crippen LogP contribution is 2.11. The molecule has 0 fully saturated rings. The smallest absolute Gasteiger partial charge is 0.323 e. The summed E-state index contributed by atoms with van der Waals surface area (Å²) in [5.41, 5.74) is 1.63. The highest BCUT2D eigenvalue weighted by molar-refractivity contribution is 7.08. The third-order valence-electron chi connectivity index (χ3n) is 2.89. The molecular weight excluding hydrogens is 274 g/mol. The molecule has 5 heteroatoms. The quantitative estimate of drug-likeness (QED) is 0.889. The number of rotatable bonds is 6. The minimum atomic E-state index is -0.998. The number of amides is 1. The number of carboxylic acids is 1. The van der Waals surface area contributed by atoms with Crippen molar-refractivity contribution >= 4 is 23.2 Å². The first-order valence-corrected chi connectivity index (χ1v) is 7.18. The van der Waals surface area contributed by atoms with Crippen LogP contribution < -0.4 is 0 Å². The van der Waals surface area contributed by atoms with Gasteiger partial charge in [0.15, 0.2) is 0 Å². The van der Waals surface area contributed by atoms with Crippen LogP contribution in [0.5, 0.6) is 0 Å². The van der Waals surface area contributed by atoms with E-state index in [1.165, 1.54) is 16.2 Å². The van der Waals surface area contributed by atoms with Crippen LogP contribution in [-0.4, -0.2) is 35.0 Å². The van der Waals surface area contributed by atoms with Crippen LogP contribution in [0.2, 0.25) is 0 Å². The third-order valence-corrected chi connectivity index (χ3v) is 3.58. The maximum atomic E-state index is 12.2. The van der Waals surface area contributed by atoms with Gasteiger partial charge >= 0.3 is 5.97 Å². The monoisotopic (exact) mass is 289 g/mol. The summed E-state index contributed by atoms with van der Waals surface area (Å²) >= 11 is 1.42. The molecule has 104 valence electrons. The van der Waals surface area contributed by atoms with Crippen LogP contribution in [0.1, 0.15) is 15.9 Å². The molecule has 1 amide bonds. The molecule has 2 aromatic rings. The minimum absolute atomic E-state index is 0.232. The van der Waals surface area contributed by atoms with Crippen LogP contribution in [0.3, 0.4) is 0 Å². The van der Waals surface area contributed by atoms with Crippen LogP contribution in [0.4, 0.5) is 0 Å². The molecule has 0 bridgehead atoms. The van der Waals surface area contributed by atoms with Crippen molar-refractivity contribution < 1.29 is 14.7 Å². The Morgan fingerprint density at radius 3 is 2.50 bits per heavy atom. The zero-order chi connectivity index (χ0) is 14.4. The summed E-state index contributed by atoms with van der Waals surface area (Å²) in [6, 6.07) is 11.4. The van der Waals surface area contributed by atoms with Crippen molar-refractivity contribution in [2.24, 2.45) is 0 Å². The Morgan fingerprint density at radius 1 is 1.15 bits per heavy atom. The van der Waals surface area contributed by atoms with E-state index < -0.39 is 5.97 Å². The van der Waals surface area contributed by atoms with Crippen molar-refractivity contribution in [3.63, 3.8) is 0 Å². The fourth-order valence-electron chi connectivity index (χ4n) is 1.89. The van der Waals surface area contributed by atoms with Gasteiger partial charge < -0.3 is 10.0 Å². The number of carbonyl (C=O) groups is 2. The maximum absolute atomic E-state index is 12.2. The highest BCUT2D eigenvalue weighted by atomic mass is 32.1. The SMILES string of the molecule is O=C(O)CN(CCc1ccccc1)C(=O)c1ccsc1. The molecule has 0 aliphatic heterocycles. The summed E-state index contributed by atoms with van der Waals surface area (Å²) in [5, 5.41) is 12.5. The van der Waals surface area contributed by atoms with Gasteiger partial charge in [-0.1, -0.05) is 30.3 Å². The van der Waals surface area contributed by atoms with Gasteiger partial charge in [0, 0.05) is 11.9 Å². The van der Waals surface area contributed by atoms with E-state index in [9.17, 15) is 9.59 Å². The molecule has 1 N–H and O–H groups in total. The van der Waals surface area contributed by atoms with Gasteiger partial charge in [-0.2, -0.15) is 11.3 Å². The maximum Gasteiger partial charge on any atom is 0.323 e. The predicted molar refractivity (Wildman–Crippen MR) is 78.0 cm³/mol. The predicted octanol–water partition coefficient (Wildman–Crippen LogP) is 2.52. The fourth-order valence-corrected chi connectivity index (χ4v) is 2.52. The van der Waals surface area contributed by atoms with Gasteiger partial charge in [0.05, 0.1) is 5.56 Å². The van der Waals surface area contributed by atoms with Crippen LogP contribution in [0.15, 0.2) is 47.2 Å². The van der Waals surface area contributed by atoms with Crippen molar-refractivity contribution in [2.45, 2.75) is 6.42 Å². The lowest BCUT2D eigenvalue weighted by Crippen LogP contribution is -2.37. The molecule has 20 heavy (non-hydrogen) atoms. The second-order valence-corrected chi connectivity index (χ2v) is 5.15. The highest BCUT2D eigenvalue weighted by Gasteiger charge is 2.18. The third kappa shape index (κ3) is 3.93. The lowest BCUT2D eigenvalue weighted by atomic mass is 10.1. The second-order valence-electron chi connectivity index (χ2n) is 4.37. The molecule has 0 aliphatic rings. The summed E-state index contributed by atoms with van der Waals surface area (Å²) in [6.45, 7) is 0.118. The molecule has 4 nitrogen and oxygen atoms in total. The van der Waals surface area contributed by atoms with Crippen molar-refractivity contribution in [1.29, 1.82) is 0 Å². The summed E-state index contributed by atoms with van der Waals surface area (Å²) in [6.07, 6.45) is 0.643. The van der Waals surface area contributed by atoms with E-state index in [1.54, 1.807) is 11.4 Å². The van der Waals surface area contributed by atoms with Gasteiger partial charge in [0.25, 0.3) is 5.91 Å². The van der Waals surface area contributed by atoms with E-state index >= 15 is 0 Å². The number of benzene rings is 1. The lowest BCUT2D eigenvalue weighted by Gasteiger charge is -2.20. The Kier molecular flexibility index (Phi) is 4.90. The van der Waals surface area contributed by atoms with E-state index in [-0.39, 0.29) is 12.5 Å². The van der Waals surface area contributed by atoms with Crippen molar-refractivity contribution in [1.82, 2.24) is 4.90 Å². The largest absolute Gasteiger partial charge is 0.480 e. The molecule has 0 saturated heterocycles. The molecule has 0 saturated carbocycles. The summed E-state index contributed by atoms with van der Waals surface area (Å²) in [5.74, 6) is -1.23. The van der Waals surface area contributed by atoms with E-state index in [0.717, 1.165) is 5.56 Å². The molecule has 1 heterocycles. The topological polar surface area (TPSA) is 57.6 Å². The Balaban J connectivity index is 2.04. The van der Waals surface area contributed by atoms with E-state index in [1.807, 2.05) is 35.7 Å². The Bertz CT molecular complexity index is 566. The number of thiophene rings is 1. The molecule has 1 aromatic carbocycles. The summed E-state index contributed by atoms with van der Waals surface area (Å²) < 4.78 is 0. The van der Waals surface area contributed by atoms with Crippen LogP contribution >= 0.6 is 11.3 Å². The average Bonchev–Trinajstić information content (AvgIpc) is 2.97. The Labute approximate surface area is 121 Å². The molecule has 1 aromatic heterocycles. The Morgan fingerprint density at radius 2 is 1.90 bits per heavy atom. The number of carbonyl (C=O) groups excluding carboxylic acids is 1. The number of aliphatic carboxylic acids is 1. The van der Waals surface area contributed by atoms with Crippen LogP contribution in [0, 0.1) is 0 Å². The van der Waals surface area contributed by atoms with Gasteiger partial charge in [0.1, 0.15) is 6.54 Å². The zero-order valence-corrected chi connectivity index (χ0v) is 11.7. The lowest BCUT2D eigenvalue weighted by molar-refractivity contribution is -0.137. The number of nitrogens with zero attached hydrogens (tertiary/aromatic N) is 1. The molecule has 0 unspecified atom stereocenters. The molecule has 0 atom stereocenters. The van der Waals surface area contributed by atoms with Gasteiger partial charge in [-0.3, -0.25) is 9.59 Å². The molecule has 0 aliphatic carbocycles. The van der Waals surface area contributed by atoms with Gasteiger partial charge in [-0.15, -0.1) is 0 Å². The number of hydrogen-bond donors (Lipinski definition) is 1. The summed E-state index contributed by atoms with van der Waals surface area (Å²) in [7, 11) is 0. The molecule has 0 spiro atoms. The van der Waals surface area contributed by atoms with E-state index in [0.29, 0.717) is 18.5 Å². The average molecular weight is 289 g/mol. The van der Waals surface area contributed by atoms with Crippen LogP contribution in [0.25, 0.3) is 0 Å². The summed E-state index contributed by atoms with van der Waals surface area (Å²) in [4.78, 5) is 24.5. The molecule has 0 radical (unpaired) electrons. The molecule has 2 rings (SSSR count). The van der Waals surface area contributed by atoms with E-state index in [4.69, 9.17) is 5.11 Å². The fraction of sp³-hybridized carbons (Fsp3) is 0.200. The van der Waals surface area contributed by atoms with Crippen molar-refractivity contribution in [3.05, 3.63) is 58.3 Å². The van der Waals surface area contributed by atoms with Crippen LogP contribution in [-0.2, 0) is 11.2 Å². The second kappa shape index (κ2) is 6.86. The molecular formula is C15H15NO3S. The number of hydrogen-bond acceptors (Lipinski definition) is 3. The first-order chi connectivity index (χ1) is 9.66.